The minimum absolute atomic E-state index is 0.171. The molecule has 0 bridgehead atoms. The summed E-state index contributed by atoms with van der Waals surface area (Å²) in [6.45, 7) is 1.89. The lowest BCUT2D eigenvalue weighted by atomic mass is 10.2. The quantitative estimate of drug-likeness (QED) is 0.663. The number of nitrogens with zero attached hydrogens (tertiary/aromatic N) is 2. The Morgan fingerprint density at radius 1 is 1.50 bits per heavy atom. The predicted octanol–water partition coefficient (Wildman–Crippen LogP) is 0.560. The fraction of sp³-hybridized carbons (Fsp3) is 0.556. The predicted molar refractivity (Wildman–Crippen MR) is 56.2 cm³/mol. The highest BCUT2D eigenvalue weighted by molar-refractivity contribution is 8.02. The van der Waals surface area contributed by atoms with Crippen LogP contribution in [0, 0.1) is 22.7 Å². The number of nitrogens with one attached hydrogen (secondary N) is 2. The number of allylic oxidation sites excluding steroid dienone is 1. The first-order chi connectivity index (χ1) is 6.81. The number of rotatable bonds is 3. The first-order valence-electron chi connectivity index (χ1n) is 4.37. The summed E-state index contributed by atoms with van der Waals surface area (Å²) in [7, 11) is 0. The van der Waals surface area contributed by atoms with E-state index in [0.29, 0.717) is 11.1 Å². The van der Waals surface area contributed by atoms with Crippen molar-refractivity contribution in [3.8, 4) is 12.1 Å². The SMILES string of the molecule is CSC(NC1CCNC1)=C(C#N)C#N. The summed E-state index contributed by atoms with van der Waals surface area (Å²) < 4.78 is 0. The Hall–Kier alpha value is -1.17. The van der Waals surface area contributed by atoms with Gasteiger partial charge in [-0.3, -0.25) is 0 Å². The molecule has 1 atom stereocenters. The largest absolute Gasteiger partial charge is 0.374 e. The van der Waals surface area contributed by atoms with Crippen LogP contribution in [0.15, 0.2) is 10.6 Å². The van der Waals surface area contributed by atoms with E-state index in [0.717, 1.165) is 19.5 Å². The molecule has 2 N–H and O–H groups in total. The van der Waals surface area contributed by atoms with Crippen LogP contribution in [-0.4, -0.2) is 25.4 Å². The van der Waals surface area contributed by atoms with Gasteiger partial charge in [0.15, 0.2) is 5.57 Å². The summed E-state index contributed by atoms with van der Waals surface area (Å²) in [6, 6.07) is 4.12. The molecular formula is C9H12N4S. The maximum Gasteiger partial charge on any atom is 0.159 e. The number of hydrogen-bond donors (Lipinski definition) is 2. The smallest absolute Gasteiger partial charge is 0.159 e. The molecule has 1 aliphatic heterocycles. The highest BCUT2D eigenvalue weighted by atomic mass is 32.2. The van der Waals surface area contributed by atoms with Gasteiger partial charge in [-0.2, -0.15) is 10.5 Å². The zero-order chi connectivity index (χ0) is 10.4. The fourth-order valence-corrected chi connectivity index (χ4v) is 1.90. The van der Waals surface area contributed by atoms with Crippen molar-refractivity contribution in [1.29, 1.82) is 10.5 Å². The Morgan fingerprint density at radius 2 is 2.21 bits per heavy atom. The average Bonchev–Trinajstić information content (AvgIpc) is 2.70. The van der Waals surface area contributed by atoms with Crippen molar-refractivity contribution in [3.63, 3.8) is 0 Å². The summed E-state index contributed by atoms with van der Waals surface area (Å²) in [5.74, 6) is 0. The van der Waals surface area contributed by atoms with Crippen molar-refractivity contribution >= 4 is 11.8 Å². The summed E-state index contributed by atoms with van der Waals surface area (Å²) >= 11 is 1.41. The van der Waals surface area contributed by atoms with Crippen LogP contribution in [0.25, 0.3) is 0 Å². The van der Waals surface area contributed by atoms with Gasteiger partial charge in [0.05, 0.1) is 5.03 Å². The molecule has 0 aromatic heterocycles. The van der Waals surface area contributed by atoms with Crippen LogP contribution >= 0.6 is 11.8 Å². The first kappa shape index (κ1) is 10.9. The van der Waals surface area contributed by atoms with E-state index >= 15 is 0 Å². The maximum atomic E-state index is 8.70. The molecule has 1 heterocycles. The van der Waals surface area contributed by atoms with Gasteiger partial charge in [-0.1, -0.05) is 0 Å². The Morgan fingerprint density at radius 3 is 2.64 bits per heavy atom. The monoisotopic (exact) mass is 208 g/mol. The van der Waals surface area contributed by atoms with Gasteiger partial charge in [0.1, 0.15) is 12.1 Å². The maximum absolute atomic E-state index is 8.70. The number of hydrogen-bond acceptors (Lipinski definition) is 5. The average molecular weight is 208 g/mol. The van der Waals surface area contributed by atoms with Crippen LogP contribution in [0.5, 0.6) is 0 Å². The van der Waals surface area contributed by atoms with Crippen LogP contribution in [0.3, 0.4) is 0 Å². The second kappa shape index (κ2) is 5.54. The zero-order valence-corrected chi connectivity index (χ0v) is 8.82. The molecule has 1 unspecified atom stereocenters. The molecule has 0 amide bonds. The van der Waals surface area contributed by atoms with Crippen molar-refractivity contribution in [2.45, 2.75) is 12.5 Å². The molecule has 5 heteroatoms. The summed E-state index contributed by atoms with van der Waals surface area (Å²) in [4.78, 5) is 0. The fourth-order valence-electron chi connectivity index (χ4n) is 1.32. The Balaban J connectivity index is 2.67. The lowest BCUT2D eigenvalue weighted by Gasteiger charge is -2.14. The van der Waals surface area contributed by atoms with Gasteiger partial charge in [-0.25, -0.2) is 0 Å². The van der Waals surface area contributed by atoms with Gasteiger partial charge in [0.2, 0.25) is 0 Å². The van der Waals surface area contributed by atoms with Crippen LogP contribution < -0.4 is 10.6 Å². The molecule has 0 aromatic rings. The van der Waals surface area contributed by atoms with Gasteiger partial charge in [0.25, 0.3) is 0 Å². The highest BCUT2D eigenvalue weighted by Crippen LogP contribution is 2.15. The lowest BCUT2D eigenvalue weighted by molar-refractivity contribution is 0.631. The van der Waals surface area contributed by atoms with Crippen molar-refractivity contribution in [3.05, 3.63) is 10.6 Å². The summed E-state index contributed by atoms with van der Waals surface area (Å²) in [5, 5.41) is 24.5. The van der Waals surface area contributed by atoms with E-state index in [1.807, 2.05) is 18.4 Å². The first-order valence-corrected chi connectivity index (χ1v) is 5.60. The molecule has 1 rings (SSSR count). The molecule has 0 spiro atoms. The van der Waals surface area contributed by atoms with E-state index in [2.05, 4.69) is 10.6 Å². The minimum Gasteiger partial charge on any atom is -0.374 e. The Bertz CT molecular complexity index is 288. The van der Waals surface area contributed by atoms with E-state index in [9.17, 15) is 0 Å². The zero-order valence-electron chi connectivity index (χ0n) is 8.00. The molecule has 0 aromatic carbocycles. The van der Waals surface area contributed by atoms with Gasteiger partial charge >= 0.3 is 0 Å². The molecule has 74 valence electrons. The second-order valence-electron chi connectivity index (χ2n) is 2.97. The standard InChI is InChI=1S/C9H12N4S/c1-14-9(7(4-10)5-11)13-8-2-3-12-6-8/h8,12-13H,2-3,6H2,1H3. The highest BCUT2D eigenvalue weighted by Gasteiger charge is 2.16. The minimum atomic E-state index is 0.171. The van der Waals surface area contributed by atoms with Crippen molar-refractivity contribution < 1.29 is 0 Å². The second-order valence-corrected chi connectivity index (χ2v) is 3.78. The van der Waals surface area contributed by atoms with Crippen LogP contribution in [0.2, 0.25) is 0 Å². The van der Waals surface area contributed by atoms with Gasteiger partial charge in [0, 0.05) is 12.6 Å². The molecule has 0 radical (unpaired) electrons. The molecule has 1 fully saturated rings. The molecule has 4 nitrogen and oxygen atoms in total. The van der Waals surface area contributed by atoms with E-state index in [1.165, 1.54) is 11.8 Å². The van der Waals surface area contributed by atoms with E-state index in [1.54, 1.807) is 0 Å². The molecule has 1 saturated heterocycles. The van der Waals surface area contributed by atoms with E-state index in [4.69, 9.17) is 10.5 Å². The van der Waals surface area contributed by atoms with Gasteiger partial charge in [-0.15, -0.1) is 11.8 Å². The number of nitriles is 2. The summed E-state index contributed by atoms with van der Waals surface area (Å²) in [5.41, 5.74) is 0.171. The van der Waals surface area contributed by atoms with E-state index in [-0.39, 0.29) is 5.57 Å². The third-order valence-corrected chi connectivity index (χ3v) is 2.78. The third-order valence-electron chi connectivity index (χ3n) is 2.05. The van der Waals surface area contributed by atoms with Crippen LogP contribution in [0.1, 0.15) is 6.42 Å². The normalized spacial score (nSPS) is 19.5. The molecular weight excluding hydrogens is 196 g/mol. The van der Waals surface area contributed by atoms with Gasteiger partial charge in [-0.05, 0) is 19.2 Å². The van der Waals surface area contributed by atoms with Crippen LogP contribution in [0.4, 0.5) is 0 Å². The van der Waals surface area contributed by atoms with Gasteiger partial charge < -0.3 is 10.6 Å². The lowest BCUT2D eigenvalue weighted by Crippen LogP contribution is -2.29. The van der Waals surface area contributed by atoms with Crippen molar-refractivity contribution in [2.75, 3.05) is 19.3 Å². The van der Waals surface area contributed by atoms with Crippen molar-refractivity contribution in [1.82, 2.24) is 10.6 Å². The van der Waals surface area contributed by atoms with Crippen molar-refractivity contribution in [2.24, 2.45) is 0 Å². The number of thioether (sulfide) groups is 1. The summed E-state index contributed by atoms with van der Waals surface area (Å²) in [6.07, 6.45) is 2.90. The molecule has 0 aliphatic carbocycles. The topological polar surface area (TPSA) is 71.6 Å². The Kier molecular flexibility index (Phi) is 4.31. The molecule has 1 aliphatic rings. The van der Waals surface area contributed by atoms with E-state index < -0.39 is 0 Å². The Labute approximate surface area is 88.0 Å². The molecule has 0 saturated carbocycles. The van der Waals surface area contributed by atoms with Crippen LogP contribution in [-0.2, 0) is 0 Å². The third kappa shape index (κ3) is 2.66. The molecule has 14 heavy (non-hydrogen) atoms.